The van der Waals surface area contributed by atoms with Crippen LogP contribution in [-0.2, 0) is 19.7 Å². The number of methoxy groups -OCH3 is 1. The molecule has 41 heavy (non-hydrogen) atoms. The van der Waals surface area contributed by atoms with Crippen LogP contribution in [0, 0.1) is 10.8 Å². The molecule has 0 N–H and O–H groups in total. The first-order chi connectivity index (χ1) is 18.8. The minimum absolute atomic E-state index is 0.0951. The molecule has 224 valence electrons. The van der Waals surface area contributed by atoms with Gasteiger partial charge in [-0.05, 0) is 104 Å². The summed E-state index contributed by atoms with van der Waals surface area (Å²) in [4.78, 5) is 38.5. The first-order valence-corrected chi connectivity index (χ1v) is 14.0. The van der Waals surface area contributed by atoms with E-state index in [4.69, 9.17) is 18.9 Å². The van der Waals surface area contributed by atoms with Crippen molar-refractivity contribution in [1.82, 2.24) is 0 Å². The number of allylic oxidation sites excluding steroid dienone is 1. The molecule has 7 nitrogen and oxygen atoms in total. The van der Waals surface area contributed by atoms with Crippen LogP contribution in [0.3, 0.4) is 0 Å². The summed E-state index contributed by atoms with van der Waals surface area (Å²) in [5.41, 5.74) is 0.109. The van der Waals surface area contributed by atoms with Gasteiger partial charge in [-0.1, -0.05) is 20.8 Å². The quantitative estimate of drug-likeness (QED) is 0.0948. The standard InChI is InChI=1S/C34H46O7/c1-13-34(10,11)25-18-23(26(39-21(2)3)20-27(25)41-31(37)33(7,8)9)19-28(38-12)29(35)22-14-16-24(17-15-22)40-30(36)32(4,5)6/h14-21H,13H2,1-12H3. The fourth-order valence-corrected chi connectivity index (χ4v) is 3.54. The average Bonchev–Trinajstić information content (AvgIpc) is 2.86. The second-order valence-electron chi connectivity index (χ2n) is 13.1. The zero-order chi connectivity index (χ0) is 31.3. The average molecular weight is 567 g/mol. The number of ketones is 1. The SMILES string of the molecule is CCC(C)(C)c1cc(C=C(OC)C(=O)c2ccc(OC(=O)C(C)(C)C)cc2)c(OC(C)C)cc1OC(=O)C(C)(C)C. The third kappa shape index (κ3) is 8.94. The lowest BCUT2D eigenvalue weighted by molar-refractivity contribution is -0.143. The van der Waals surface area contributed by atoms with Gasteiger partial charge in [0.05, 0.1) is 24.0 Å². The highest BCUT2D eigenvalue weighted by molar-refractivity contribution is 6.10. The normalized spacial score (nSPS) is 12.7. The van der Waals surface area contributed by atoms with Gasteiger partial charge in [0.1, 0.15) is 17.2 Å². The Hall–Kier alpha value is -3.61. The molecule has 0 amide bonds. The van der Waals surface area contributed by atoms with Gasteiger partial charge >= 0.3 is 11.9 Å². The lowest BCUT2D eigenvalue weighted by atomic mass is 9.80. The van der Waals surface area contributed by atoms with E-state index in [0.29, 0.717) is 28.4 Å². The number of benzene rings is 2. The van der Waals surface area contributed by atoms with Crippen molar-refractivity contribution in [3.05, 3.63) is 58.8 Å². The van der Waals surface area contributed by atoms with Crippen molar-refractivity contribution < 1.29 is 33.3 Å². The van der Waals surface area contributed by atoms with E-state index in [1.165, 1.54) is 7.11 Å². The van der Waals surface area contributed by atoms with E-state index < -0.39 is 10.8 Å². The van der Waals surface area contributed by atoms with E-state index in [9.17, 15) is 14.4 Å². The highest BCUT2D eigenvalue weighted by Crippen LogP contribution is 2.41. The molecule has 0 fully saturated rings. The van der Waals surface area contributed by atoms with Crippen LogP contribution in [0.4, 0.5) is 0 Å². The molecule has 0 saturated heterocycles. The van der Waals surface area contributed by atoms with Crippen LogP contribution in [0.5, 0.6) is 17.2 Å². The summed E-state index contributed by atoms with van der Waals surface area (Å²) >= 11 is 0. The van der Waals surface area contributed by atoms with Crippen LogP contribution in [0.2, 0.25) is 0 Å². The van der Waals surface area contributed by atoms with Crippen LogP contribution in [0.15, 0.2) is 42.2 Å². The number of rotatable bonds is 10. The molecule has 0 saturated carbocycles. The zero-order valence-corrected chi connectivity index (χ0v) is 26.7. The molecule has 0 heterocycles. The van der Waals surface area contributed by atoms with Crippen molar-refractivity contribution in [3.63, 3.8) is 0 Å². The third-order valence-corrected chi connectivity index (χ3v) is 6.57. The Labute approximate surface area is 245 Å². The molecule has 0 aliphatic carbocycles. The van der Waals surface area contributed by atoms with Crippen molar-refractivity contribution in [2.24, 2.45) is 10.8 Å². The van der Waals surface area contributed by atoms with Crippen LogP contribution in [0.25, 0.3) is 6.08 Å². The maximum absolute atomic E-state index is 13.5. The molecule has 2 aromatic rings. The molecule has 0 radical (unpaired) electrons. The molecule has 2 aromatic carbocycles. The molecule has 0 bridgehead atoms. The van der Waals surface area contributed by atoms with Gasteiger partial charge in [-0.15, -0.1) is 0 Å². The molecule has 0 spiro atoms. The van der Waals surface area contributed by atoms with Crippen LogP contribution < -0.4 is 14.2 Å². The lowest BCUT2D eigenvalue weighted by Crippen LogP contribution is -2.27. The number of Topliss-reactive ketones (excluding diaryl/α,β-unsaturated/α-hetero) is 1. The summed E-state index contributed by atoms with van der Waals surface area (Å²) in [6, 6.07) is 9.96. The van der Waals surface area contributed by atoms with E-state index in [1.807, 2.05) is 19.9 Å². The minimum Gasteiger partial charge on any atom is -0.493 e. The second kappa shape index (κ2) is 12.9. The van der Waals surface area contributed by atoms with E-state index >= 15 is 0 Å². The predicted molar refractivity (Wildman–Crippen MR) is 161 cm³/mol. The Bertz CT molecular complexity index is 1280. The van der Waals surface area contributed by atoms with Gasteiger partial charge in [-0.2, -0.15) is 0 Å². The van der Waals surface area contributed by atoms with Crippen LogP contribution in [-0.4, -0.2) is 30.9 Å². The van der Waals surface area contributed by atoms with E-state index in [1.54, 1.807) is 78.0 Å². The van der Waals surface area contributed by atoms with Gasteiger partial charge in [-0.3, -0.25) is 14.4 Å². The van der Waals surface area contributed by atoms with Gasteiger partial charge in [0.25, 0.3) is 0 Å². The lowest BCUT2D eigenvalue weighted by Gasteiger charge is -2.28. The van der Waals surface area contributed by atoms with E-state index in [-0.39, 0.29) is 35.0 Å². The fourth-order valence-electron chi connectivity index (χ4n) is 3.54. The zero-order valence-electron chi connectivity index (χ0n) is 26.7. The van der Waals surface area contributed by atoms with Crippen LogP contribution in [0.1, 0.15) is 104 Å². The second-order valence-corrected chi connectivity index (χ2v) is 13.1. The van der Waals surface area contributed by atoms with Crippen LogP contribution >= 0.6 is 0 Å². The molecule has 0 aliphatic heterocycles. The van der Waals surface area contributed by atoms with E-state index in [2.05, 4.69) is 20.8 Å². The van der Waals surface area contributed by atoms with Gasteiger partial charge in [-0.25, -0.2) is 0 Å². The Kier molecular flexibility index (Phi) is 10.6. The van der Waals surface area contributed by atoms with Crippen molar-refractivity contribution in [2.75, 3.05) is 7.11 Å². The molecule has 0 aromatic heterocycles. The van der Waals surface area contributed by atoms with E-state index in [0.717, 1.165) is 12.0 Å². The first-order valence-electron chi connectivity index (χ1n) is 14.0. The Morgan fingerprint density at radius 3 is 1.80 bits per heavy atom. The largest absolute Gasteiger partial charge is 0.493 e. The number of carbonyl (C=O) groups excluding carboxylic acids is 3. The van der Waals surface area contributed by atoms with Gasteiger partial charge in [0.15, 0.2) is 5.76 Å². The van der Waals surface area contributed by atoms with Gasteiger partial charge < -0.3 is 18.9 Å². The summed E-state index contributed by atoms with van der Waals surface area (Å²) in [5.74, 6) is 0.259. The summed E-state index contributed by atoms with van der Waals surface area (Å²) in [6.45, 7) is 20.7. The molecule has 2 rings (SSSR count). The highest BCUT2D eigenvalue weighted by atomic mass is 16.5. The first kappa shape index (κ1) is 33.6. The Morgan fingerprint density at radius 2 is 1.34 bits per heavy atom. The van der Waals surface area contributed by atoms with Gasteiger partial charge in [0, 0.05) is 22.8 Å². The van der Waals surface area contributed by atoms with Gasteiger partial charge in [0.2, 0.25) is 5.78 Å². The summed E-state index contributed by atoms with van der Waals surface area (Å²) < 4.78 is 23.0. The predicted octanol–water partition coefficient (Wildman–Crippen LogP) is 7.93. The van der Waals surface area contributed by atoms with Crippen molar-refractivity contribution in [3.8, 4) is 17.2 Å². The number of carbonyl (C=O) groups is 3. The van der Waals surface area contributed by atoms with Crippen molar-refractivity contribution in [1.29, 1.82) is 0 Å². The summed E-state index contributed by atoms with van der Waals surface area (Å²) in [7, 11) is 1.43. The molecule has 7 heteroatoms. The number of hydrogen-bond donors (Lipinski definition) is 0. The maximum atomic E-state index is 13.5. The monoisotopic (exact) mass is 566 g/mol. The molecule has 0 atom stereocenters. The fraction of sp³-hybridized carbons (Fsp3) is 0.500. The number of hydrogen-bond acceptors (Lipinski definition) is 7. The Balaban J connectivity index is 2.60. The summed E-state index contributed by atoms with van der Waals surface area (Å²) in [5, 5.41) is 0. The maximum Gasteiger partial charge on any atom is 0.316 e. The molecule has 0 unspecified atom stereocenters. The number of esters is 2. The Morgan fingerprint density at radius 1 is 0.805 bits per heavy atom. The topological polar surface area (TPSA) is 88.1 Å². The minimum atomic E-state index is -0.693. The van der Waals surface area contributed by atoms with Crippen molar-refractivity contribution in [2.45, 2.75) is 94.1 Å². The molecular weight excluding hydrogens is 520 g/mol. The third-order valence-electron chi connectivity index (χ3n) is 6.57. The highest BCUT2D eigenvalue weighted by Gasteiger charge is 2.30. The molecular formula is C34H46O7. The smallest absolute Gasteiger partial charge is 0.316 e. The van der Waals surface area contributed by atoms with Crippen molar-refractivity contribution >= 4 is 23.8 Å². The summed E-state index contributed by atoms with van der Waals surface area (Å²) in [6.07, 6.45) is 2.24. The molecule has 0 aliphatic rings. The number of ether oxygens (including phenoxy) is 4.